The second-order valence-corrected chi connectivity index (χ2v) is 20.2. The van der Waals surface area contributed by atoms with Gasteiger partial charge >= 0.3 is 0 Å². The predicted octanol–water partition coefficient (Wildman–Crippen LogP) is 7.27. The van der Waals surface area contributed by atoms with Crippen LogP contribution in [0.2, 0.25) is 0 Å². The highest BCUT2D eigenvalue weighted by molar-refractivity contribution is 6.00. The summed E-state index contributed by atoms with van der Waals surface area (Å²) >= 11 is 0. The van der Waals surface area contributed by atoms with Gasteiger partial charge in [-0.2, -0.15) is 20.7 Å². The predicted molar refractivity (Wildman–Crippen MR) is 279 cm³/mol. The summed E-state index contributed by atoms with van der Waals surface area (Å²) in [6, 6.07) is 19.0. The third-order valence-corrected chi connectivity index (χ3v) is 13.4. The molecule has 6 aromatic rings. The zero-order valence-electron chi connectivity index (χ0n) is 42.1. The van der Waals surface area contributed by atoms with Gasteiger partial charge < -0.3 is 42.0 Å². The first-order chi connectivity index (χ1) is 34.7. The first-order valence-electron chi connectivity index (χ1n) is 24.5. The fourth-order valence-electron chi connectivity index (χ4n) is 8.98. The van der Waals surface area contributed by atoms with Gasteiger partial charge in [-0.05, 0) is 140 Å². The van der Waals surface area contributed by atoms with Gasteiger partial charge in [0.25, 0.3) is 11.8 Å². The number of pyridine rings is 2. The van der Waals surface area contributed by atoms with Crippen molar-refractivity contribution in [3.63, 3.8) is 0 Å². The number of hydrogen-bond acceptors (Lipinski definition) is 14. The van der Waals surface area contributed by atoms with Crippen LogP contribution in [0.15, 0.2) is 73.3 Å². The van der Waals surface area contributed by atoms with Crippen molar-refractivity contribution in [1.29, 1.82) is 10.5 Å². The second-order valence-electron chi connectivity index (χ2n) is 20.2. The maximum Gasteiger partial charge on any atom is 0.255 e. The van der Waals surface area contributed by atoms with E-state index in [2.05, 4.69) is 53.6 Å². The van der Waals surface area contributed by atoms with Crippen LogP contribution in [0.3, 0.4) is 0 Å². The van der Waals surface area contributed by atoms with Gasteiger partial charge in [0.2, 0.25) is 0 Å². The Morgan fingerprint density at radius 2 is 1.09 bits per heavy atom. The Morgan fingerprint density at radius 3 is 1.47 bits per heavy atom. The Hall–Kier alpha value is -7.10. The van der Waals surface area contributed by atoms with Crippen molar-refractivity contribution in [3.05, 3.63) is 95.6 Å². The van der Waals surface area contributed by atoms with Crippen LogP contribution in [0.25, 0.3) is 33.8 Å². The average Bonchev–Trinajstić information content (AvgIpc) is 3.99. The summed E-state index contributed by atoms with van der Waals surface area (Å²) in [5.74, 6) is -0.407. The van der Waals surface area contributed by atoms with E-state index in [0.29, 0.717) is 57.6 Å². The van der Waals surface area contributed by atoms with Crippen molar-refractivity contribution in [2.24, 2.45) is 11.7 Å². The number of fused-ring (bicyclic) bond motifs is 2. The number of anilines is 2. The smallest absolute Gasteiger partial charge is 0.255 e. The highest BCUT2D eigenvalue weighted by atomic mass is 35.5. The Morgan fingerprint density at radius 1 is 0.689 bits per heavy atom. The molecule has 2 atom stereocenters. The van der Waals surface area contributed by atoms with Crippen LogP contribution in [0.4, 0.5) is 20.2 Å². The van der Waals surface area contributed by atoms with E-state index < -0.39 is 35.4 Å². The summed E-state index contributed by atoms with van der Waals surface area (Å²) in [6.07, 6.45) is 10.3. The maximum absolute atomic E-state index is 14.3. The molecule has 8 N–H and O–H groups in total. The van der Waals surface area contributed by atoms with E-state index in [0.717, 1.165) is 62.4 Å². The van der Waals surface area contributed by atoms with Crippen molar-refractivity contribution in [2.75, 3.05) is 23.7 Å². The molecule has 74 heavy (non-hydrogen) atoms. The lowest BCUT2D eigenvalue weighted by molar-refractivity contribution is -0.118. The van der Waals surface area contributed by atoms with E-state index in [9.17, 15) is 33.4 Å². The number of alkyl halides is 2. The van der Waals surface area contributed by atoms with Crippen LogP contribution in [-0.2, 0) is 4.79 Å². The molecule has 8 rings (SSSR count). The van der Waals surface area contributed by atoms with Gasteiger partial charge in [-0.15, -0.1) is 12.4 Å². The number of carbonyl (C=O) groups excluding carboxylic acids is 3. The van der Waals surface area contributed by atoms with Gasteiger partial charge in [0.1, 0.15) is 30.3 Å². The molecule has 392 valence electrons. The van der Waals surface area contributed by atoms with E-state index in [4.69, 9.17) is 16.3 Å². The van der Waals surface area contributed by atoms with Gasteiger partial charge in [0.05, 0.1) is 104 Å². The van der Waals surface area contributed by atoms with Gasteiger partial charge in [-0.1, -0.05) is 0 Å². The summed E-state index contributed by atoms with van der Waals surface area (Å²) in [4.78, 5) is 46.5. The number of halogens is 3. The number of hydrogen-bond donors (Lipinski definition) is 7. The molecule has 2 aliphatic carbocycles. The SMILES string of the molecule is CC(=O)CC1CCC(Nc2cc(-c3ccc4cc(C#N)cnn34)ncc2C(=O)NC[C@@H](F)C(C)(C)O)CC1.CC(C)(O)[C@H](F)CNC(=O)c1cnc(-c2ccc3cc(C#N)cnn23)cc1NC1CCC(N)CC1.Cl. The minimum Gasteiger partial charge on any atom is -0.387 e. The quantitative estimate of drug-likeness (QED) is 0.0503. The number of aliphatic hydroxyl groups is 2. The van der Waals surface area contributed by atoms with Crippen molar-refractivity contribution in [3.8, 4) is 34.9 Å². The molecule has 18 nitrogen and oxygen atoms in total. The van der Waals surface area contributed by atoms with Gasteiger partial charge in [-0.25, -0.2) is 17.8 Å². The fraction of sp³-hybridized carbons (Fsp3) is 0.453. The molecule has 0 aliphatic heterocycles. The summed E-state index contributed by atoms with van der Waals surface area (Å²) in [6.45, 7) is 6.38. The molecule has 21 heteroatoms. The first-order valence-corrected chi connectivity index (χ1v) is 24.5. The zero-order valence-corrected chi connectivity index (χ0v) is 42.9. The monoisotopic (exact) mass is 1040 g/mol. The maximum atomic E-state index is 14.3. The topological polar surface area (TPSA) is 274 Å². The largest absolute Gasteiger partial charge is 0.387 e. The zero-order chi connectivity index (χ0) is 52.6. The van der Waals surface area contributed by atoms with Crippen LogP contribution in [0.5, 0.6) is 0 Å². The summed E-state index contributed by atoms with van der Waals surface area (Å²) < 4.78 is 31.9. The number of nitrogens with zero attached hydrogens (tertiary/aromatic N) is 8. The number of aromatic nitrogens is 6. The van der Waals surface area contributed by atoms with E-state index in [-0.39, 0.29) is 60.5 Å². The molecule has 0 unspecified atom stereocenters. The van der Waals surface area contributed by atoms with Gasteiger partial charge in [0.15, 0.2) is 0 Å². The molecule has 0 bridgehead atoms. The molecule has 0 radical (unpaired) electrons. The third-order valence-electron chi connectivity index (χ3n) is 13.4. The van der Waals surface area contributed by atoms with Crippen molar-refractivity contribution >= 4 is 52.4 Å². The molecule has 2 amide bonds. The van der Waals surface area contributed by atoms with E-state index in [1.165, 1.54) is 52.5 Å². The minimum absolute atomic E-state index is 0. The van der Waals surface area contributed by atoms with Crippen molar-refractivity contribution in [1.82, 2.24) is 39.8 Å². The molecule has 6 heterocycles. The Balaban J connectivity index is 0.000000238. The Bertz CT molecular complexity index is 3030. The normalized spacial score (nSPS) is 18.6. The molecule has 0 saturated heterocycles. The van der Waals surface area contributed by atoms with Crippen LogP contribution in [0, 0.1) is 28.6 Å². The lowest BCUT2D eigenvalue weighted by atomic mass is 9.83. The van der Waals surface area contributed by atoms with Crippen molar-refractivity contribution in [2.45, 2.75) is 134 Å². The average molecular weight is 1040 g/mol. The number of amides is 2. The van der Waals surface area contributed by atoms with Crippen LogP contribution >= 0.6 is 12.4 Å². The molecule has 2 aliphatic rings. The van der Waals surface area contributed by atoms with E-state index in [1.54, 1.807) is 40.2 Å². The lowest BCUT2D eigenvalue weighted by Crippen LogP contribution is -2.42. The number of carbonyl (C=O) groups is 3. The van der Waals surface area contributed by atoms with Gasteiger partial charge in [0, 0.05) is 36.9 Å². The number of Topliss-reactive ketones (excluding diaryl/α,β-unsaturated/α-hetero) is 1. The summed E-state index contributed by atoms with van der Waals surface area (Å²) in [5.41, 5.74) is 9.54. The lowest BCUT2D eigenvalue weighted by Gasteiger charge is -2.30. The number of nitrogens with two attached hydrogens (primary N) is 1. The standard InChI is InChI=1S/C28H33FN6O3.C25H30FN7O2.ClH/c1-17(36)10-18-4-6-20(7-5-18)34-23-12-24(25-9-8-21-11-19(13-30)14-33-35(21)25)31-15-22(23)27(37)32-16-26(29)28(2,3)38;1-25(2,35)23(26)14-30-24(34)19-13-29-21(10-20(19)32-17-5-3-16(28)4-6-17)22-8-7-18-9-15(11-27)12-31-33(18)22;/h8-9,11-12,14-15,18,20,26,38H,4-7,10,16H2,1-3H3,(H,31,34)(H,32,37);7-10,12-13,16-17,23,35H,3-6,14,28H2,1-2H3,(H,29,32)(H,30,34);1H/t18?,20?,26-;16?,17?,23-;/m11./s1. The molecular formula is C53H64ClF2N13O5. The minimum atomic E-state index is -1.64. The molecule has 0 aromatic carbocycles. The molecular weight excluding hydrogens is 972 g/mol. The number of nitriles is 2. The molecule has 2 fully saturated rings. The summed E-state index contributed by atoms with van der Waals surface area (Å²) in [7, 11) is 0. The number of ketones is 1. The molecule has 2 saturated carbocycles. The van der Waals surface area contributed by atoms with E-state index in [1.807, 2.05) is 24.3 Å². The fourth-order valence-corrected chi connectivity index (χ4v) is 8.98. The Kier molecular flexibility index (Phi) is 18.4. The van der Waals surface area contributed by atoms with Crippen molar-refractivity contribution < 1.29 is 33.4 Å². The van der Waals surface area contributed by atoms with Crippen LogP contribution < -0.4 is 27.0 Å². The number of nitrogens with one attached hydrogen (secondary N) is 4. The molecule has 6 aromatic heterocycles. The van der Waals surface area contributed by atoms with E-state index >= 15 is 0 Å². The first kappa shape index (κ1) is 56.2. The highest BCUT2D eigenvalue weighted by Crippen LogP contribution is 2.33. The Labute approximate surface area is 434 Å². The van der Waals surface area contributed by atoms with Gasteiger partial charge in [-0.3, -0.25) is 19.6 Å². The summed E-state index contributed by atoms with van der Waals surface area (Å²) in [5, 5.41) is 58.8. The third kappa shape index (κ3) is 14.1. The second kappa shape index (κ2) is 24.3. The van der Waals surface area contributed by atoms with Crippen LogP contribution in [-0.4, -0.2) is 112 Å². The number of rotatable bonds is 16. The van der Waals surface area contributed by atoms with Crippen LogP contribution in [0.1, 0.15) is 124 Å². The molecule has 0 spiro atoms. The highest BCUT2D eigenvalue weighted by Gasteiger charge is 2.30.